The van der Waals surface area contributed by atoms with E-state index >= 15 is 0 Å². The highest BCUT2D eigenvalue weighted by atomic mass is 16.2. The fraction of sp³-hybridized carbons (Fsp3) is 0.611. The Kier molecular flexibility index (Phi) is 4.64. The Hall–Kier alpha value is -1.91. The molecule has 0 saturated carbocycles. The summed E-state index contributed by atoms with van der Waals surface area (Å²) < 4.78 is 0. The summed E-state index contributed by atoms with van der Waals surface area (Å²) >= 11 is 0. The Morgan fingerprint density at radius 3 is 3.00 bits per heavy atom. The Morgan fingerprint density at radius 1 is 1.39 bits per heavy atom. The highest BCUT2D eigenvalue weighted by Gasteiger charge is 2.31. The summed E-state index contributed by atoms with van der Waals surface area (Å²) in [6, 6.07) is 2.32. The Balaban J connectivity index is 1.56. The summed E-state index contributed by atoms with van der Waals surface area (Å²) in [7, 11) is 0. The van der Waals surface area contributed by atoms with E-state index in [9.17, 15) is 9.59 Å². The molecule has 1 aromatic rings. The number of nitrogens with one attached hydrogen (secondary N) is 1. The van der Waals surface area contributed by atoms with Crippen LogP contribution in [0.2, 0.25) is 0 Å². The van der Waals surface area contributed by atoms with Gasteiger partial charge in [0.1, 0.15) is 0 Å². The Morgan fingerprint density at radius 2 is 2.22 bits per heavy atom. The van der Waals surface area contributed by atoms with Crippen LogP contribution in [0.5, 0.6) is 0 Å². The highest BCUT2D eigenvalue weighted by Crippen LogP contribution is 2.21. The number of carbonyl (C=O) groups excluding carboxylic acids is 2. The van der Waals surface area contributed by atoms with E-state index in [0.717, 1.165) is 18.4 Å². The predicted octanol–water partition coefficient (Wildman–Crippen LogP) is 1.83. The smallest absolute Gasteiger partial charge is 0.225 e. The van der Waals surface area contributed by atoms with Crippen LogP contribution in [-0.4, -0.2) is 34.3 Å². The van der Waals surface area contributed by atoms with Crippen LogP contribution in [0.3, 0.4) is 0 Å². The van der Waals surface area contributed by atoms with Crippen LogP contribution >= 0.6 is 0 Å². The maximum absolute atomic E-state index is 12.4. The van der Waals surface area contributed by atoms with Crippen LogP contribution in [0.1, 0.15) is 49.9 Å². The van der Waals surface area contributed by atoms with Gasteiger partial charge in [-0.1, -0.05) is 6.07 Å². The predicted molar refractivity (Wildman–Crippen MR) is 87.7 cm³/mol. The molecule has 0 unspecified atom stereocenters. The van der Waals surface area contributed by atoms with Gasteiger partial charge in [0.05, 0.1) is 5.92 Å². The number of pyridine rings is 1. The van der Waals surface area contributed by atoms with Crippen LogP contribution in [0, 0.1) is 5.92 Å². The Labute approximate surface area is 137 Å². The average molecular weight is 315 g/mol. The molecule has 1 N–H and O–H groups in total. The van der Waals surface area contributed by atoms with Crippen LogP contribution in [-0.2, 0) is 29.0 Å². The fourth-order valence-electron chi connectivity index (χ4n) is 3.49. The lowest BCUT2D eigenvalue weighted by Gasteiger charge is -2.34. The highest BCUT2D eigenvalue weighted by molar-refractivity contribution is 5.83. The van der Waals surface area contributed by atoms with E-state index in [1.165, 1.54) is 17.7 Å². The largest absolute Gasteiger partial charge is 0.352 e. The molecule has 1 fully saturated rings. The molecule has 0 radical (unpaired) electrons. The number of carbonyl (C=O) groups is 2. The fourth-order valence-corrected chi connectivity index (χ4v) is 3.49. The molecule has 2 aliphatic rings. The first kappa shape index (κ1) is 16.0. The van der Waals surface area contributed by atoms with E-state index in [2.05, 4.69) is 16.4 Å². The van der Waals surface area contributed by atoms with E-state index in [1.807, 2.05) is 24.9 Å². The SMILES string of the molecule is CC(C)N1C[C@H](C(=O)NCc2cnc3c(c2)CCC3)CCC1=O. The number of hydrogen-bond acceptors (Lipinski definition) is 3. The van der Waals surface area contributed by atoms with Crippen molar-refractivity contribution in [3.05, 3.63) is 29.1 Å². The summed E-state index contributed by atoms with van der Waals surface area (Å²) in [4.78, 5) is 30.6. The summed E-state index contributed by atoms with van der Waals surface area (Å²) in [6.45, 7) is 5.04. The van der Waals surface area contributed by atoms with Gasteiger partial charge in [-0.05, 0) is 50.7 Å². The molecule has 5 nitrogen and oxygen atoms in total. The lowest BCUT2D eigenvalue weighted by molar-refractivity contribution is -0.140. The summed E-state index contributed by atoms with van der Waals surface area (Å²) in [5.41, 5.74) is 3.59. The van der Waals surface area contributed by atoms with Crippen molar-refractivity contribution in [3.8, 4) is 0 Å². The van der Waals surface area contributed by atoms with E-state index in [1.54, 1.807) is 0 Å². The van der Waals surface area contributed by atoms with Crippen LogP contribution in [0.4, 0.5) is 0 Å². The third-order valence-electron chi connectivity index (χ3n) is 4.88. The lowest BCUT2D eigenvalue weighted by atomic mass is 9.95. The van der Waals surface area contributed by atoms with Gasteiger partial charge < -0.3 is 10.2 Å². The minimum absolute atomic E-state index is 0.0450. The second kappa shape index (κ2) is 6.69. The number of aryl methyl sites for hydroxylation is 2. The van der Waals surface area contributed by atoms with Gasteiger partial charge in [-0.2, -0.15) is 0 Å². The van der Waals surface area contributed by atoms with E-state index in [4.69, 9.17) is 0 Å². The molecule has 1 aliphatic carbocycles. The van der Waals surface area contributed by atoms with Gasteiger partial charge in [0.15, 0.2) is 0 Å². The molecule has 1 aromatic heterocycles. The zero-order valence-electron chi connectivity index (χ0n) is 14.0. The normalized spacial score (nSPS) is 20.7. The number of likely N-dealkylation sites (tertiary alicyclic amines) is 1. The zero-order chi connectivity index (χ0) is 16.4. The van der Waals surface area contributed by atoms with Crippen LogP contribution < -0.4 is 5.32 Å². The minimum atomic E-state index is -0.0995. The van der Waals surface area contributed by atoms with Crippen molar-refractivity contribution in [2.24, 2.45) is 5.92 Å². The topological polar surface area (TPSA) is 62.3 Å². The third kappa shape index (κ3) is 3.54. The molecule has 5 heteroatoms. The lowest BCUT2D eigenvalue weighted by Crippen LogP contribution is -2.48. The first-order chi connectivity index (χ1) is 11.0. The standard InChI is InChI=1S/C18H25N3O2/c1-12(2)21-11-15(6-7-17(21)22)18(23)20-10-13-8-14-4-3-5-16(14)19-9-13/h8-9,12,15H,3-7,10-11H2,1-2H3,(H,20,23)/t15-/m1/s1. The molecule has 0 aromatic carbocycles. The third-order valence-corrected chi connectivity index (χ3v) is 4.88. The van der Waals surface area contributed by atoms with Gasteiger partial charge in [-0.25, -0.2) is 0 Å². The minimum Gasteiger partial charge on any atom is -0.352 e. The summed E-state index contributed by atoms with van der Waals surface area (Å²) in [5.74, 6) is 0.105. The van der Waals surface area contributed by atoms with Crippen molar-refractivity contribution < 1.29 is 9.59 Å². The van der Waals surface area contributed by atoms with Gasteiger partial charge in [-0.3, -0.25) is 14.6 Å². The average Bonchev–Trinajstić information content (AvgIpc) is 3.00. The molecule has 3 rings (SSSR count). The molecule has 124 valence electrons. The van der Waals surface area contributed by atoms with Gasteiger partial charge in [-0.15, -0.1) is 0 Å². The first-order valence-corrected chi connectivity index (χ1v) is 8.58. The second-order valence-electron chi connectivity index (χ2n) is 6.90. The molecule has 23 heavy (non-hydrogen) atoms. The number of rotatable bonds is 4. The van der Waals surface area contributed by atoms with Crippen molar-refractivity contribution in [1.82, 2.24) is 15.2 Å². The van der Waals surface area contributed by atoms with E-state index in [-0.39, 0.29) is 23.8 Å². The van der Waals surface area contributed by atoms with E-state index in [0.29, 0.717) is 25.9 Å². The number of hydrogen-bond donors (Lipinski definition) is 1. The molecule has 2 heterocycles. The molecular formula is C18H25N3O2. The van der Waals surface area contributed by atoms with Crippen molar-refractivity contribution in [1.29, 1.82) is 0 Å². The second-order valence-corrected chi connectivity index (χ2v) is 6.90. The molecular weight excluding hydrogens is 290 g/mol. The van der Waals surface area contributed by atoms with Crippen LogP contribution in [0.15, 0.2) is 12.3 Å². The van der Waals surface area contributed by atoms with Gasteiger partial charge in [0.2, 0.25) is 11.8 Å². The quantitative estimate of drug-likeness (QED) is 0.922. The zero-order valence-corrected chi connectivity index (χ0v) is 14.0. The number of aromatic nitrogens is 1. The van der Waals surface area contributed by atoms with Crippen molar-refractivity contribution >= 4 is 11.8 Å². The van der Waals surface area contributed by atoms with Gasteiger partial charge >= 0.3 is 0 Å². The van der Waals surface area contributed by atoms with Crippen LogP contribution in [0.25, 0.3) is 0 Å². The maximum atomic E-state index is 12.4. The van der Waals surface area contributed by atoms with Crippen molar-refractivity contribution in [2.75, 3.05) is 6.54 Å². The van der Waals surface area contributed by atoms with E-state index < -0.39 is 0 Å². The Bertz CT molecular complexity index is 612. The molecule has 2 amide bonds. The molecule has 1 atom stereocenters. The van der Waals surface area contributed by atoms with Gasteiger partial charge in [0.25, 0.3) is 0 Å². The maximum Gasteiger partial charge on any atom is 0.225 e. The summed E-state index contributed by atoms with van der Waals surface area (Å²) in [6.07, 6.45) is 6.34. The summed E-state index contributed by atoms with van der Waals surface area (Å²) in [5, 5.41) is 3.02. The number of amides is 2. The number of fused-ring (bicyclic) bond motifs is 1. The first-order valence-electron chi connectivity index (χ1n) is 8.58. The molecule has 1 aliphatic heterocycles. The number of nitrogens with zero attached hydrogens (tertiary/aromatic N) is 2. The van der Waals surface area contributed by atoms with Crippen molar-refractivity contribution in [3.63, 3.8) is 0 Å². The monoisotopic (exact) mass is 315 g/mol. The molecule has 0 spiro atoms. The van der Waals surface area contributed by atoms with Gasteiger partial charge in [0, 0.05) is 37.4 Å². The molecule has 0 bridgehead atoms. The number of piperidine rings is 1. The van der Waals surface area contributed by atoms with Crippen molar-refractivity contribution in [2.45, 2.75) is 58.5 Å². The molecule has 1 saturated heterocycles.